The summed E-state index contributed by atoms with van der Waals surface area (Å²) in [6, 6.07) is 21.7. The summed E-state index contributed by atoms with van der Waals surface area (Å²) in [7, 11) is 0. The third-order valence-corrected chi connectivity index (χ3v) is 6.21. The zero-order valence-corrected chi connectivity index (χ0v) is 20.0. The van der Waals surface area contributed by atoms with E-state index in [-0.39, 0.29) is 11.8 Å². The molecule has 0 saturated carbocycles. The number of nitrogens with one attached hydrogen (secondary N) is 1. The maximum absolute atomic E-state index is 13.3. The van der Waals surface area contributed by atoms with Crippen molar-refractivity contribution in [2.75, 3.05) is 39.3 Å². The van der Waals surface area contributed by atoms with Crippen molar-refractivity contribution in [1.29, 1.82) is 0 Å². The van der Waals surface area contributed by atoms with Crippen molar-refractivity contribution in [1.82, 2.24) is 20.1 Å². The lowest BCUT2D eigenvalue weighted by Gasteiger charge is -2.35. The number of amides is 2. The highest BCUT2D eigenvalue weighted by atomic mass is 16.2. The van der Waals surface area contributed by atoms with E-state index in [1.54, 1.807) is 24.5 Å². The Morgan fingerprint density at radius 1 is 0.886 bits per heavy atom. The minimum atomic E-state index is -0.0863. The molecule has 0 bridgehead atoms. The van der Waals surface area contributed by atoms with Crippen molar-refractivity contribution in [3.8, 4) is 11.1 Å². The van der Waals surface area contributed by atoms with Crippen LogP contribution in [0.1, 0.15) is 28.8 Å². The smallest absolute Gasteiger partial charge is 0.254 e. The van der Waals surface area contributed by atoms with Gasteiger partial charge in [0.25, 0.3) is 5.91 Å². The lowest BCUT2D eigenvalue weighted by Crippen LogP contribution is -2.49. The van der Waals surface area contributed by atoms with E-state index in [4.69, 9.17) is 0 Å². The second kappa shape index (κ2) is 12.6. The van der Waals surface area contributed by atoms with Crippen LogP contribution in [0.4, 0.5) is 0 Å². The maximum atomic E-state index is 13.3. The van der Waals surface area contributed by atoms with E-state index in [1.807, 2.05) is 71.6 Å². The molecule has 1 saturated heterocycles. The van der Waals surface area contributed by atoms with Crippen LogP contribution in [-0.4, -0.2) is 65.9 Å². The van der Waals surface area contributed by atoms with E-state index in [9.17, 15) is 9.59 Å². The summed E-state index contributed by atoms with van der Waals surface area (Å²) in [6.45, 7) is 4.85. The first-order chi connectivity index (χ1) is 17.2. The maximum Gasteiger partial charge on any atom is 0.254 e. The van der Waals surface area contributed by atoms with E-state index in [0.717, 1.165) is 67.8 Å². The van der Waals surface area contributed by atoms with Gasteiger partial charge in [-0.3, -0.25) is 19.5 Å². The summed E-state index contributed by atoms with van der Waals surface area (Å²) in [6.07, 6.45) is 8.68. The standard InChI is InChI=1S/C29H32N4O2/c34-28(15-14-24-9-8-16-30-23-24)31-17-6-7-18-32-19-21-33(22-20-32)29(35)27-13-5-4-12-26(27)25-10-2-1-3-11-25/h1-5,8-16,23H,6-7,17-22H2,(H,31,34)/b15-14-. The van der Waals surface area contributed by atoms with Crippen molar-refractivity contribution < 1.29 is 9.59 Å². The molecule has 6 heteroatoms. The number of rotatable bonds is 9. The van der Waals surface area contributed by atoms with Gasteiger partial charge in [0.2, 0.25) is 5.91 Å². The van der Waals surface area contributed by atoms with Crippen LogP contribution in [0.2, 0.25) is 0 Å². The Hall–Kier alpha value is -3.77. The van der Waals surface area contributed by atoms with E-state index in [1.165, 1.54) is 0 Å². The Morgan fingerprint density at radius 3 is 2.43 bits per heavy atom. The highest BCUT2D eigenvalue weighted by Gasteiger charge is 2.23. The number of piperazine rings is 1. The van der Waals surface area contributed by atoms with Gasteiger partial charge in [-0.25, -0.2) is 0 Å². The van der Waals surface area contributed by atoms with Crippen LogP contribution in [-0.2, 0) is 4.79 Å². The lowest BCUT2D eigenvalue weighted by atomic mass is 9.98. The summed E-state index contributed by atoms with van der Waals surface area (Å²) in [5, 5.41) is 2.93. The van der Waals surface area contributed by atoms with Gasteiger partial charge >= 0.3 is 0 Å². The van der Waals surface area contributed by atoms with Gasteiger partial charge in [-0.2, -0.15) is 0 Å². The van der Waals surface area contributed by atoms with E-state index < -0.39 is 0 Å². The molecule has 4 rings (SSSR count). The summed E-state index contributed by atoms with van der Waals surface area (Å²) in [5.74, 6) is 0.0166. The molecule has 2 aromatic carbocycles. The number of carbonyl (C=O) groups excluding carboxylic acids is 2. The van der Waals surface area contributed by atoms with Gasteiger partial charge in [-0.15, -0.1) is 0 Å². The molecule has 2 amide bonds. The van der Waals surface area contributed by atoms with Gasteiger partial charge in [-0.05, 0) is 54.3 Å². The number of pyridine rings is 1. The molecule has 0 radical (unpaired) electrons. The molecule has 1 aliphatic heterocycles. The lowest BCUT2D eigenvalue weighted by molar-refractivity contribution is -0.116. The Bertz CT molecular complexity index is 1120. The number of carbonyl (C=O) groups is 2. The highest BCUT2D eigenvalue weighted by molar-refractivity contribution is 6.01. The molecule has 0 spiro atoms. The first kappa shape index (κ1) is 24.4. The molecular weight excluding hydrogens is 436 g/mol. The molecule has 1 fully saturated rings. The zero-order valence-electron chi connectivity index (χ0n) is 20.0. The molecule has 0 aliphatic carbocycles. The van der Waals surface area contributed by atoms with Crippen LogP contribution in [0.15, 0.2) is 85.2 Å². The van der Waals surface area contributed by atoms with Crippen LogP contribution in [0, 0.1) is 0 Å². The minimum Gasteiger partial charge on any atom is -0.353 e. The second-order valence-electron chi connectivity index (χ2n) is 8.66. The SMILES string of the molecule is O=C(/C=C\c1cccnc1)NCCCCN1CCN(C(=O)c2ccccc2-c2ccccc2)CC1. The molecule has 2 heterocycles. The number of unbranched alkanes of at least 4 members (excludes halogenated alkanes) is 1. The number of hydrogen-bond donors (Lipinski definition) is 1. The third-order valence-electron chi connectivity index (χ3n) is 6.21. The number of nitrogens with zero attached hydrogens (tertiary/aromatic N) is 3. The van der Waals surface area contributed by atoms with Crippen LogP contribution in [0.3, 0.4) is 0 Å². The molecule has 3 aromatic rings. The van der Waals surface area contributed by atoms with Crippen molar-refractivity contribution in [3.05, 3.63) is 96.3 Å². The monoisotopic (exact) mass is 468 g/mol. The molecule has 180 valence electrons. The first-order valence-electron chi connectivity index (χ1n) is 12.2. The van der Waals surface area contributed by atoms with Gasteiger partial charge in [0, 0.05) is 56.8 Å². The molecule has 35 heavy (non-hydrogen) atoms. The molecule has 6 nitrogen and oxygen atoms in total. The summed E-state index contributed by atoms with van der Waals surface area (Å²) >= 11 is 0. The largest absolute Gasteiger partial charge is 0.353 e. The van der Waals surface area contributed by atoms with E-state index >= 15 is 0 Å². The average molecular weight is 469 g/mol. The zero-order chi connectivity index (χ0) is 24.3. The van der Waals surface area contributed by atoms with Gasteiger partial charge < -0.3 is 10.2 Å². The second-order valence-corrected chi connectivity index (χ2v) is 8.66. The predicted molar refractivity (Wildman–Crippen MR) is 140 cm³/mol. The normalized spacial score (nSPS) is 14.2. The summed E-state index contributed by atoms with van der Waals surface area (Å²) in [4.78, 5) is 33.6. The molecule has 0 unspecified atom stereocenters. The van der Waals surface area contributed by atoms with Crippen molar-refractivity contribution >= 4 is 17.9 Å². The quantitative estimate of drug-likeness (QED) is 0.379. The van der Waals surface area contributed by atoms with Crippen molar-refractivity contribution in [3.63, 3.8) is 0 Å². The number of hydrogen-bond acceptors (Lipinski definition) is 4. The van der Waals surface area contributed by atoms with Gasteiger partial charge in [0.05, 0.1) is 0 Å². The topological polar surface area (TPSA) is 65.5 Å². The Labute approximate surface area is 207 Å². The van der Waals surface area contributed by atoms with Gasteiger partial charge in [-0.1, -0.05) is 54.6 Å². The Balaban J connectivity index is 1.17. The van der Waals surface area contributed by atoms with Crippen LogP contribution < -0.4 is 5.32 Å². The van der Waals surface area contributed by atoms with Crippen molar-refractivity contribution in [2.45, 2.75) is 12.8 Å². The van der Waals surface area contributed by atoms with Gasteiger partial charge in [0.15, 0.2) is 0 Å². The third kappa shape index (κ3) is 7.11. The number of aromatic nitrogens is 1. The molecule has 1 aromatic heterocycles. The van der Waals surface area contributed by atoms with Gasteiger partial charge in [0.1, 0.15) is 0 Å². The Morgan fingerprint density at radius 2 is 1.66 bits per heavy atom. The average Bonchev–Trinajstić information content (AvgIpc) is 2.93. The molecule has 1 N–H and O–H groups in total. The fourth-order valence-corrected chi connectivity index (χ4v) is 4.26. The molecular formula is C29H32N4O2. The van der Waals surface area contributed by atoms with Crippen LogP contribution >= 0.6 is 0 Å². The number of benzene rings is 2. The Kier molecular flexibility index (Phi) is 8.79. The van der Waals surface area contributed by atoms with Crippen LogP contribution in [0.5, 0.6) is 0 Å². The summed E-state index contributed by atoms with van der Waals surface area (Å²) < 4.78 is 0. The van der Waals surface area contributed by atoms with Crippen molar-refractivity contribution in [2.24, 2.45) is 0 Å². The fraction of sp³-hybridized carbons (Fsp3) is 0.276. The molecule has 1 aliphatic rings. The summed E-state index contributed by atoms with van der Waals surface area (Å²) in [5.41, 5.74) is 3.72. The van der Waals surface area contributed by atoms with E-state index in [0.29, 0.717) is 6.54 Å². The highest BCUT2D eigenvalue weighted by Crippen LogP contribution is 2.25. The first-order valence-corrected chi connectivity index (χ1v) is 12.2. The minimum absolute atomic E-state index is 0.0863. The molecule has 0 atom stereocenters. The fourth-order valence-electron chi connectivity index (χ4n) is 4.26. The van der Waals surface area contributed by atoms with Crippen LogP contribution in [0.25, 0.3) is 17.2 Å². The van der Waals surface area contributed by atoms with E-state index in [2.05, 4.69) is 15.2 Å². The predicted octanol–water partition coefficient (Wildman–Crippen LogP) is 4.12.